The monoisotopic (exact) mass is 407 g/mol. The molecule has 1 heterocycles. The van der Waals surface area contributed by atoms with Gasteiger partial charge in [0.1, 0.15) is 0 Å². The zero-order valence-corrected chi connectivity index (χ0v) is 15.5. The predicted octanol–water partition coefficient (Wildman–Crippen LogP) is 4.13. The topological polar surface area (TPSA) is 136 Å². The molecule has 4 rings (SSSR count). The van der Waals surface area contributed by atoms with E-state index < -0.39 is 11.9 Å². The molecule has 0 aromatic heterocycles. The van der Waals surface area contributed by atoms with E-state index in [0.29, 0.717) is 24.3 Å². The van der Waals surface area contributed by atoms with Gasteiger partial charge in [-0.1, -0.05) is 12.1 Å². The highest BCUT2D eigenvalue weighted by Crippen LogP contribution is 2.44. The molecule has 3 aromatic rings. The third-order valence-corrected chi connectivity index (χ3v) is 4.85. The van der Waals surface area contributed by atoms with E-state index in [1.807, 2.05) is 12.1 Å². The van der Waals surface area contributed by atoms with Gasteiger partial charge < -0.3 is 30.5 Å². The van der Waals surface area contributed by atoms with E-state index in [9.17, 15) is 30.0 Å². The Kier molecular flexibility index (Phi) is 4.67. The van der Waals surface area contributed by atoms with Gasteiger partial charge in [0, 0.05) is 0 Å². The normalized spacial score (nSPS) is 11.6. The lowest BCUT2D eigenvalue weighted by Crippen LogP contribution is -2.11. The van der Waals surface area contributed by atoms with Crippen LogP contribution in [0.25, 0.3) is 0 Å². The fourth-order valence-corrected chi connectivity index (χ4v) is 3.30. The largest absolute Gasteiger partial charge is 0.504 e. The average molecular weight is 407 g/mol. The summed E-state index contributed by atoms with van der Waals surface area (Å²) in [5.41, 5.74) is 2.19. The number of anilines is 2. The Bertz CT molecular complexity index is 1190. The van der Waals surface area contributed by atoms with Crippen molar-refractivity contribution >= 4 is 23.3 Å². The number of nitrogens with one attached hydrogen (secondary N) is 1. The molecule has 3 aromatic carbocycles. The first kappa shape index (κ1) is 19.1. The number of aromatic hydroxyl groups is 2. The van der Waals surface area contributed by atoms with Gasteiger partial charge in [-0.05, 0) is 60.4 Å². The molecule has 0 radical (unpaired) electrons. The highest BCUT2D eigenvalue weighted by atomic mass is 16.5. The Hall–Kier alpha value is -4.20. The van der Waals surface area contributed by atoms with E-state index in [2.05, 4.69) is 5.32 Å². The number of ether oxygens (including phenoxy) is 1. The van der Waals surface area contributed by atoms with Crippen molar-refractivity contribution in [3.63, 3.8) is 0 Å². The Morgan fingerprint density at radius 3 is 2.17 bits per heavy atom. The van der Waals surface area contributed by atoms with E-state index in [0.717, 1.165) is 17.2 Å². The van der Waals surface area contributed by atoms with Gasteiger partial charge >= 0.3 is 11.9 Å². The van der Waals surface area contributed by atoms with Crippen molar-refractivity contribution in [2.75, 3.05) is 5.32 Å². The fourth-order valence-electron chi connectivity index (χ4n) is 3.30. The van der Waals surface area contributed by atoms with Gasteiger partial charge in [-0.3, -0.25) is 0 Å². The van der Waals surface area contributed by atoms with Crippen LogP contribution < -0.4 is 10.1 Å². The number of hydrogen-bond donors (Lipinski definition) is 5. The Balaban J connectivity index is 1.60. The number of fused-ring (bicyclic) bond motifs is 2. The minimum Gasteiger partial charge on any atom is -0.504 e. The van der Waals surface area contributed by atoms with Gasteiger partial charge in [-0.25, -0.2) is 9.59 Å². The van der Waals surface area contributed by atoms with E-state index >= 15 is 0 Å². The second kappa shape index (κ2) is 7.32. The van der Waals surface area contributed by atoms with Crippen LogP contribution in [0.1, 0.15) is 31.8 Å². The van der Waals surface area contributed by atoms with Crippen molar-refractivity contribution in [2.24, 2.45) is 0 Å². The number of benzene rings is 3. The molecule has 0 atom stereocenters. The maximum absolute atomic E-state index is 11.6. The fraction of sp³-hybridized carbons (Fsp3) is 0.0909. The number of carboxylic acid groups (broad SMARTS) is 2. The van der Waals surface area contributed by atoms with Crippen LogP contribution in [0.15, 0.2) is 48.5 Å². The minimum atomic E-state index is -1.27. The van der Waals surface area contributed by atoms with Gasteiger partial charge in [-0.2, -0.15) is 0 Å². The molecular formula is C22H17NO7. The molecule has 0 spiro atoms. The van der Waals surface area contributed by atoms with Gasteiger partial charge in [0.15, 0.2) is 23.0 Å². The van der Waals surface area contributed by atoms with Crippen LogP contribution in [-0.2, 0) is 12.8 Å². The van der Waals surface area contributed by atoms with Gasteiger partial charge in [0.25, 0.3) is 0 Å². The van der Waals surface area contributed by atoms with Crippen molar-refractivity contribution in [3.8, 4) is 23.0 Å². The zero-order valence-electron chi connectivity index (χ0n) is 15.5. The Labute approximate surface area is 170 Å². The van der Waals surface area contributed by atoms with Crippen LogP contribution in [0.2, 0.25) is 0 Å². The molecule has 0 fully saturated rings. The first-order valence-corrected chi connectivity index (χ1v) is 9.05. The van der Waals surface area contributed by atoms with Crippen LogP contribution in [-0.4, -0.2) is 32.4 Å². The minimum absolute atomic E-state index is 0.132. The smallest absolute Gasteiger partial charge is 0.337 e. The quantitative estimate of drug-likeness (QED) is 0.312. The highest BCUT2D eigenvalue weighted by Gasteiger charge is 2.25. The number of rotatable bonds is 5. The molecule has 1 aliphatic heterocycles. The van der Waals surface area contributed by atoms with Crippen molar-refractivity contribution < 1.29 is 34.8 Å². The lowest BCUT2D eigenvalue weighted by Gasteiger charge is -2.24. The van der Waals surface area contributed by atoms with Gasteiger partial charge in [0.2, 0.25) is 0 Å². The Morgan fingerprint density at radius 1 is 0.800 bits per heavy atom. The lowest BCUT2D eigenvalue weighted by atomic mass is 10.0. The van der Waals surface area contributed by atoms with Crippen molar-refractivity contribution in [1.82, 2.24) is 0 Å². The van der Waals surface area contributed by atoms with Crippen LogP contribution in [0.4, 0.5) is 11.4 Å². The third-order valence-electron chi connectivity index (χ3n) is 4.85. The molecule has 0 amide bonds. The molecule has 8 nitrogen and oxygen atoms in total. The SMILES string of the molecule is O=C(O)c1cc2c(c(C(=O)O)c1)Nc1cc(CCc3ccc(O)c(O)c3)ccc1O2. The van der Waals surface area contributed by atoms with E-state index in [4.69, 9.17) is 4.74 Å². The standard InChI is InChI=1S/C22H17NO7/c24-16-5-3-12(8-17(16)25)2-1-11-4-6-18-15(7-11)23-20-14(22(28)29)9-13(21(26)27)10-19(20)30-18/h3-10,23-25H,1-2H2,(H,26,27)(H,28,29). The van der Waals surface area contributed by atoms with Gasteiger partial charge in [-0.15, -0.1) is 0 Å². The predicted molar refractivity (Wildman–Crippen MR) is 107 cm³/mol. The number of carboxylic acids is 2. The van der Waals surface area contributed by atoms with Gasteiger partial charge in [0.05, 0.1) is 22.5 Å². The summed E-state index contributed by atoms with van der Waals surface area (Å²) in [5.74, 6) is -2.28. The second-order valence-electron chi connectivity index (χ2n) is 6.89. The number of phenols is 2. The average Bonchev–Trinajstić information content (AvgIpc) is 2.72. The number of aromatic carboxylic acids is 2. The highest BCUT2D eigenvalue weighted by molar-refractivity contribution is 6.02. The molecule has 1 aliphatic rings. The summed E-state index contributed by atoms with van der Waals surface area (Å²) >= 11 is 0. The van der Waals surface area contributed by atoms with Crippen molar-refractivity contribution in [3.05, 3.63) is 70.8 Å². The maximum Gasteiger partial charge on any atom is 0.337 e. The molecule has 5 N–H and O–H groups in total. The van der Waals surface area contributed by atoms with E-state index in [-0.39, 0.29) is 34.1 Å². The summed E-state index contributed by atoms with van der Waals surface area (Å²) in [4.78, 5) is 22.9. The first-order valence-electron chi connectivity index (χ1n) is 9.05. The summed E-state index contributed by atoms with van der Waals surface area (Å²) in [6.45, 7) is 0. The van der Waals surface area contributed by atoms with E-state index in [1.165, 1.54) is 18.2 Å². The lowest BCUT2D eigenvalue weighted by molar-refractivity contribution is 0.0696. The molecule has 0 saturated carbocycles. The molecule has 0 unspecified atom stereocenters. The summed E-state index contributed by atoms with van der Waals surface area (Å²) < 4.78 is 5.76. The summed E-state index contributed by atoms with van der Waals surface area (Å²) in [5, 5.41) is 40.7. The third kappa shape index (κ3) is 3.58. The molecule has 30 heavy (non-hydrogen) atoms. The molecule has 0 saturated heterocycles. The summed E-state index contributed by atoms with van der Waals surface area (Å²) in [6, 6.07) is 12.4. The zero-order chi connectivity index (χ0) is 21.4. The number of phenolic OH excluding ortho intramolecular Hbond substituents is 2. The number of aryl methyl sites for hydroxylation is 2. The molecule has 152 valence electrons. The molecule has 8 heteroatoms. The van der Waals surface area contributed by atoms with Crippen LogP contribution in [0.3, 0.4) is 0 Å². The van der Waals surface area contributed by atoms with Crippen molar-refractivity contribution in [1.29, 1.82) is 0 Å². The van der Waals surface area contributed by atoms with Crippen LogP contribution >= 0.6 is 0 Å². The molecular weight excluding hydrogens is 390 g/mol. The maximum atomic E-state index is 11.6. The Morgan fingerprint density at radius 2 is 1.50 bits per heavy atom. The van der Waals surface area contributed by atoms with Crippen LogP contribution in [0, 0.1) is 0 Å². The van der Waals surface area contributed by atoms with Crippen molar-refractivity contribution in [2.45, 2.75) is 12.8 Å². The second-order valence-corrected chi connectivity index (χ2v) is 6.89. The summed E-state index contributed by atoms with van der Waals surface area (Å²) in [7, 11) is 0. The van der Waals surface area contributed by atoms with Crippen LogP contribution in [0.5, 0.6) is 23.0 Å². The summed E-state index contributed by atoms with van der Waals surface area (Å²) in [6.07, 6.45) is 1.25. The number of hydrogen-bond acceptors (Lipinski definition) is 6. The molecule has 0 bridgehead atoms. The molecule has 0 aliphatic carbocycles. The van der Waals surface area contributed by atoms with E-state index in [1.54, 1.807) is 12.1 Å². The number of carbonyl (C=O) groups is 2. The first-order chi connectivity index (χ1) is 14.3.